The van der Waals surface area contributed by atoms with Gasteiger partial charge in [-0.15, -0.1) is 0 Å². The van der Waals surface area contributed by atoms with E-state index in [2.05, 4.69) is 33.0 Å². The lowest BCUT2D eigenvalue weighted by Crippen LogP contribution is -2.74. The third-order valence-electron chi connectivity index (χ3n) is 14.4. The van der Waals surface area contributed by atoms with Crippen molar-refractivity contribution in [3.63, 3.8) is 0 Å². The summed E-state index contributed by atoms with van der Waals surface area (Å²) >= 11 is 0. The van der Waals surface area contributed by atoms with Crippen LogP contribution in [0.1, 0.15) is 113 Å². The van der Waals surface area contributed by atoms with Crippen LogP contribution in [0, 0.1) is 56.2 Å². The Morgan fingerprint density at radius 1 is 1.00 bits per heavy atom. The fourth-order valence-electron chi connectivity index (χ4n) is 11.7. The number of hydrogen-bond donors (Lipinski definition) is 4. The fraction of sp³-hybridized carbons (Fsp3) is 0.853. The van der Waals surface area contributed by atoms with E-state index in [1.165, 1.54) is 12.5 Å². The Kier molecular flexibility index (Phi) is 6.85. The minimum atomic E-state index is -1.48. The van der Waals surface area contributed by atoms with E-state index in [0.717, 1.165) is 38.5 Å². The van der Waals surface area contributed by atoms with Crippen molar-refractivity contribution in [2.45, 2.75) is 119 Å². The predicted molar refractivity (Wildman–Crippen MR) is 158 cm³/mol. The number of carbonyl (C=O) groups excluding carboxylic acids is 3. The van der Waals surface area contributed by atoms with Gasteiger partial charge in [0.2, 0.25) is 11.8 Å². The average Bonchev–Trinajstić information content (AvgIpc) is 2.84. The van der Waals surface area contributed by atoms with Crippen molar-refractivity contribution in [1.29, 1.82) is 0 Å². The van der Waals surface area contributed by atoms with Crippen LogP contribution in [0.5, 0.6) is 0 Å². The smallest absolute Gasteiger partial charge is 0.223 e. The molecular formula is C34H54N2O5. The summed E-state index contributed by atoms with van der Waals surface area (Å²) in [5.74, 6) is -0.824. The van der Waals surface area contributed by atoms with E-state index in [1.807, 2.05) is 26.8 Å². The molecule has 5 N–H and O–H groups in total. The molecule has 2 amide bonds. The van der Waals surface area contributed by atoms with Gasteiger partial charge in [-0.2, -0.15) is 0 Å². The van der Waals surface area contributed by atoms with E-state index < -0.39 is 22.0 Å². The number of nitrogens with two attached hydrogens (primary N) is 1. The number of amides is 2. The van der Waals surface area contributed by atoms with Gasteiger partial charge in [0.1, 0.15) is 5.72 Å². The largest absolute Gasteiger partial charge is 0.396 e. The van der Waals surface area contributed by atoms with Crippen molar-refractivity contribution in [1.82, 2.24) is 5.32 Å². The van der Waals surface area contributed by atoms with Gasteiger partial charge in [-0.3, -0.25) is 14.4 Å². The van der Waals surface area contributed by atoms with Gasteiger partial charge in [0.15, 0.2) is 5.78 Å². The number of allylic oxidation sites excluding steroid dienone is 2. The highest BCUT2D eigenvalue weighted by Crippen LogP contribution is 2.76. The van der Waals surface area contributed by atoms with Crippen LogP contribution in [0.3, 0.4) is 0 Å². The highest BCUT2D eigenvalue weighted by Gasteiger charge is 2.73. The maximum absolute atomic E-state index is 14.6. The fourth-order valence-corrected chi connectivity index (χ4v) is 11.7. The van der Waals surface area contributed by atoms with Crippen molar-refractivity contribution in [3.8, 4) is 0 Å². The van der Waals surface area contributed by atoms with Crippen molar-refractivity contribution >= 4 is 17.6 Å². The first-order valence-corrected chi connectivity index (χ1v) is 15.9. The molecule has 0 saturated heterocycles. The first kappa shape index (κ1) is 30.7. The first-order valence-electron chi connectivity index (χ1n) is 15.9. The Bertz CT molecular complexity index is 1200. The van der Waals surface area contributed by atoms with Crippen LogP contribution >= 0.6 is 0 Å². The van der Waals surface area contributed by atoms with E-state index in [9.17, 15) is 24.6 Å². The molecule has 0 aromatic heterocycles. The summed E-state index contributed by atoms with van der Waals surface area (Å²) in [4.78, 5) is 39.5. The zero-order chi connectivity index (χ0) is 30.6. The summed E-state index contributed by atoms with van der Waals surface area (Å²) in [5.41, 5.74) is 3.58. The second kappa shape index (κ2) is 9.14. The number of carbonyl (C=O) groups is 3. The van der Waals surface area contributed by atoms with Crippen molar-refractivity contribution in [3.05, 3.63) is 11.6 Å². The number of aliphatic hydroxyl groups excluding tert-OH is 1. The summed E-state index contributed by atoms with van der Waals surface area (Å²) in [7, 11) is 0. The summed E-state index contributed by atoms with van der Waals surface area (Å²) in [6, 6.07) is 0. The molecule has 4 fully saturated rings. The number of nitrogens with one attached hydrogen (secondary N) is 1. The lowest BCUT2D eigenvalue weighted by Gasteiger charge is -2.72. The van der Waals surface area contributed by atoms with Crippen LogP contribution in [0.4, 0.5) is 0 Å². The minimum absolute atomic E-state index is 0.00376. The summed E-state index contributed by atoms with van der Waals surface area (Å²) in [5, 5.41) is 25.1. The SMILES string of the molecule is CC(=O)N[C@]1(O)C(CCO)C[C@@]2(C)C(CC[C@]3(C)[C@@H]2C(=O)C=C2[C@H]4C[C@@](C)(C(N)=O)CC[C@]4(C)CC[C@]23C)C1(C)C. The number of aliphatic hydroxyl groups is 2. The number of rotatable bonds is 4. The van der Waals surface area contributed by atoms with Crippen LogP contribution in [0.2, 0.25) is 0 Å². The van der Waals surface area contributed by atoms with Crippen molar-refractivity contribution < 1.29 is 24.6 Å². The Hall–Kier alpha value is -1.73. The zero-order valence-corrected chi connectivity index (χ0v) is 26.7. The van der Waals surface area contributed by atoms with E-state index in [1.54, 1.807) is 0 Å². The third-order valence-corrected chi connectivity index (χ3v) is 14.4. The normalized spacial score (nSPS) is 50.4. The Labute approximate surface area is 246 Å². The van der Waals surface area contributed by atoms with Crippen LogP contribution < -0.4 is 11.1 Å². The van der Waals surface area contributed by atoms with Gasteiger partial charge in [-0.1, -0.05) is 54.0 Å². The monoisotopic (exact) mass is 570 g/mol. The first-order chi connectivity index (χ1) is 18.8. The van der Waals surface area contributed by atoms with Gasteiger partial charge in [-0.25, -0.2) is 0 Å². The molecule has 4 saturated carbocycles. The predicted octanol–water partition coefficient (Wildman–Crippen LogP) is 4.89. The van der Waals surface area contributed by atoms with Crippen molar-refractivity contribution in [2.75, 3.05) is 6.61 Å². The summed E-state index contributed by atoms with van der Waals surface area (Å²) in [6.07, 6.45) is 9.12. The van der Waals surface area contributed by atoms with E-state index in [0.29, 0.717) is 19.3 Å². The van der Waals surface area contributed by atoms with Crippen LogP contribution in [-0.2, 0) is 14.4 Å². The average molecular weight is 571 g/mol. The quantitative estimate of drug-likeness (QED) is 0.358. The van der Waals surface area contributed by atoms with Gasteiger partial charge in [0, 0.05) is 36.2 Å². The molecule has 0 spiro atoms. The highest BCUT2D eigenvalue weighted by molar-refractivity contribution is 5.95. The Morgan fingerprint density at radius 3 is 2.22 bits per heavy atom. The second-order valence-electron chi connectivity index (χ2n) is 16.7. The zero-order valence-electron chi connectivity index (χ0n) is 26.7. The number of fused-ring (bicyclic) bond motifs is 7. The van der Waals surface area contributed by atoms with Gasteiger partial charge in [-0.05, 0) is 97.4 Å². The summed E-state index contributed by atoms with van der Waals surface area (Å²) in [6.45, 7) is 16.7. The topological polar surface area (TPSA) is 130 Å². The van der Waals surface area contributed by atoms with Crippen LogP contribution in [0.15, 0.2) is 11.6 Å². The molecule has 230 valence electrons. The van der Waals surface area contributed by atoms with Gasteiger partial charge in [0.25, 0.3) is 0 Å². The van der Waals surface area contributed by atoms with E-state index in [-0.39, 0.29) is 64.1 Å². The number of primary amides is 1. The molecule has 2 unspecified atom stereocenters. The molecule has 0 radical (unpaired) electrons. The van der Waals surface area contributed by atoms with E-state index in [4.69, 9.17) is 5.73 Å². The molecule has 5 aliphatic carbocycles. The molecular weight excluding hydrogens is 516 g/mol. The Balaban J connectivity index is 1.63. The lowest BCUT2D eigenvalue weighted by atomic mass is 9.32. The second-order valence-corrected chi connectivity index (χ2v) is 16.7. The number of ketones is 1. The standard InChI is InChI=1S/C34H54N2O5/c1-20(38)36-34(41)21(10-16-37)18-31(6)25(28(34,2)3)9-11-33(8)26(31)24(39)17-22-23-19-30(5,27(35)40)13-12-29(23,4)14-15-32(22,33)7/h17,21,23,25-26,37,41H,9-16,18-19H2,1-8H3,(H2,35,40)(H,36,38)/t21?,23-,25?,26-,29-,30+,31+,32-,33-,34+/m1/s1. The lowest BCUT2D eigenvalue weighted by molar-refractivity contribution is -0.263. The highest BCUT2D eigenvalue weighted by atomic mass is 16.3. The van der Waals surface area contributed by atoms with E-state index >= 15 is 0 Å². The molecule has 10 atom stereocenters. The van der Waals surface area contributed by atoms with Crippen LogP contribution in [-0.4, -0.2) is 40.1 Å². The molecule has 0 heterocycles. The Morgan fingerprint density at radius 2 is 1.63 bits per heavy atom. The molecule has 7 heteroatoms. The maximum atomic E-state index is 14.6. The molecule has 0 aromatic rings. The molecule has 5 aliphatic rings. The van der Waals surface area contributed by atoms with Crippen LogP contribution in [0.25, 0.3) is 0 Å². The molecule has 5 rings (SSSR count). The third kappa shape index (κ3) is 3.86. The van der Waals surface area contributed by atoms with Gasteiger partial charge < -0.3 is 21.3 Å². The molecule has 7 nitrogen and oxygen atoms in total. The molecule has 0 aromatic carbocycles. The molecule has 41 heavy (non-hydrogen) atoms. The van der Waals surface area contributed by atoms with Gasteiger partial charge in [0.05, 0.1) is 0 Å². The molecule has 0 bridgehead atoms. The minimum Gasteiger partial charge on any atom is -0.396 e. The molecule has 0 aliphatic heterocycles. The summed E-state index contributed by atoms with van der Waals surface area (Å²) < 4.78 is 0. The maximum Gasteiger partial charge on any atom is 0.223 e. The van der Waals surface area contributed by atoms with Crippen molar-refractivity contribution in [2.24, 2.45) is 61.9 Å². The van der Waals surface area contributed by atoms with Gasteiger partial charge >= 0.3 is 0 Å². The number of hydrogen-bond acceptors (Lipinski definition) is 5.